The predicted octanol–water partition coefficient (Wildman–Crippen LogP) is 2.63. The molecule has 0 spiro atoms. The molecular formula is C13H19F2N3O. The highest BCUT2D eigenvalue weighted by molar-refractivity contribution is 5.47. The number of hydrogen-bond acceptors (Lipinski definition) is 4. The lowest BCUT2D eigenvalue weighted by Crippen LogP contribution is -2.33. The monoisotopic (exact) mass is 271 g/mol. The zero-order valence-electron chi connectivity index (χ0n) is 11.2. The Kier molecular flexibility index (Phi) is 4.19. The Balaban J connectivity index is 2.06. The number of nitrogens with one attached hydrogen (secondary N) is 2. The first kappa shape index (κ1) is 14.0. The summed E-state index contributed by atoms with van der Waals surface area (Å²) in [6.45, 7) is 4.16. The summed E-state index contributed by atoms with van der Waals surface area (Å²) in [6, 6.07) is 0.841. The van der Waals surface area contributed by atoms with Crippen molar-refractivity contribution in [3.05, 3.63) is 17.7 Å². The Morgan fingerprint density at radius 3 is 2.53 bits per heavy atom. The fourth-order valence-electron chi connectivity index (χ4n) is 2.10. The molecule has 0 aromatic carbocycles. The van der Waals surface area contributed by atoms with Gasteiger partial charge in [0.2, 0.25) is 0 Å². The maximum atomic E-state index is 13.6. The first-order valence-electron chi connectivity index (χ1n) is 6.39. The van der Waals surface area contributed by atoms with Gasteiger partial charge in [0.05, 0.1) is 0 Å². The lowest BCUT2D eigenvalue weighted by molar-refractivity contribution is 0.0299. The molecule has 1 aromatic rings. The van der Waals surface area contributed by atoms with Crippen molar-refractivity contribution in [2.75, 3.05) is 37.4 Å². The first-order chi connectivity index (χ1) is 9.04. The lowest BCUT2D eigenvalue weighted by atomic mass is 9.82. The second-order valence-corrected chi connectivity index (χ2v) is 5.18. The summed E-state index contributed by atoms with van der Waals surface area (Å²) in [5.74, 6) is -1.24. The van der Waals surface area contributed by atoms with E-state index in [0.717, 1.165) is 32.1 Å². The first-order valence-corrected chi connectivity index (χ1v) is 6.39. The predicted molar refractivity (Wildman–Crippen MR) is 70.3 cm³/mol. The maximum Gasteiger partial charge on any atom is 0.168 e. The third-order valence-electron chi connectivity index (χ3n) is 3.55. The van der Waals surface area contributed by atoms with Gasteiger partial charge in [-0.15, -0.1) is 0 Å². The van der Waals surface area contributed by atoms with Gasteiger partial charge in [0.15, 0.2) is 23.3 Å². The molecule has 0 bridgehead atoms. The van der Waals surface area contributed by atoms with Gasteiger partial charge < -0.3 is 15.4 Å². The molecule has 0 unspecified atom stereocenters. The summed E-state index contributed by atoms with van der Waals surface area (Å²) in [5.41, 5.74) is 0.0561. The van der Waals surface area contributed by atoms with Crippen molar-refractivity contribution in [2.24, 2.45) is 5.41 Å². The average molecular weight is 271 g/mol. The van der Waals surface area contributed by atoms with Crippen molar-refractivity contribution in [3.8, 4) is 0 Å². The highest BCUT2D eigenvalue weighted by Crippen LogP contribution is 2.30. The van der Waals surface area contributed by atoms with Crippen LogP contribution < -0.4 is 10.6 Å². The number of nitrogens with zero attached hydrogens (tertiary/aromatic N) is 1. The van der Waals surface area contributed by atoms with Crippen LogP contribution in [-0.4, -0.2) is 31.8 Å². The quantitative estimate of drug-likeness (QED) is 0.883. The van der Waals surface area contributed by atoms with E-state index in [9.17, 15) is 8.78 Å². The van der Waals surface area contributed by atoms with Gasteiger partial charge in [-0.3, -0.25) is 0 Å². The molecule has 0 amide bonds. The largest absolute Gasteiger partial charge is 0.381 e. The highest BCUT2D eigenvalue weighted by atomic mass is 19.1. The van der Waals surface area contributed by atoms with E-state index in [0.29, 0.717) is 6.54 Å². The minimum absolute atomic E-state index is 0.0426. The van der Waals surface area contributed by atoms with Crippen molar-refractivity contribution in [2.45, 2.75) is 19.8 Å². The number of anilines is 2. The molecule has 0 aliphatic carbocycles. The number of hydrogen-bond donors (Lipinski definition) is 2. The molecule has 6 heteroatoms. The molecule has 106 valence electrons. The van der Waals surface area contributed by atoms with Gasteiger partial charge in [-0.1, -0.05) is 6.92 Å². The molecule has 4 nitrogen and oxygen atoms in total. The molecule has 1 fully saturated rings. The molecule has 0 saturated carbocycles. The number of ether oxygens (including phenoxy) is 1. The van der Waals surface area contributed by atoms with E-state index in [2.05, 4.69) is 22.5 Å². The van der Waals surface area contributed by atoms with Crippen LogP contribution in [0.3, 0.4) is 0 Å². The molecule has 2 rings (SSSR count). The van der Waals surface area contributed by atoms with E-state index in [1.165, 1.54) is 0 Å². The SMILES string of the molecule is CNc1nc(NCC2(C)CCOCC2)c(F)cc1F. The summed E-state index contributed by atoms with van der Waals surface area (Å²) in [4.78, 5) is 3.90. The standard InChI is InChI=1S/C13H19F2N3O/c1-13(3-5-19-6-4-13)8-17-12-10(15)7-9(14)11(16-2)18-12/h7H,3-6,8H2,1-2H3,(H2,16,17,18). The molecule has 0 atom stereocenters. The van der Waals surface area contributed by atoms with Crippen LogP contribution in [0.5, 0.6) is 0 Å². The number of rotatable bonds is 4. The zero-order valence-corrected chi connectivity index (χ0v) is 11.2. The van der Waals surface area contributed by atoms with Gasteiger partial charge >= 0.3 is 0 Å². The minimum Gasteiger partial charge on any atom is -0.381 e. The van der Waals surface area contributed by atoms with Crippen molar-refractivity contribution in [3.63, 3.8) is 0 Å². The Bertz CT molecular complexity index is 448. The Morgan fingerprint density at radius 1 is 1.26 bits per heavy atom. The molecule has 2 N–H and O–H groups in total. The van der Waals surface area contributed by atoms with Gasteiger partial charge in [-0.2, -0.15) is 0 Å². The average Bonchev–Trinajstić information content (AvgIpc) is 2.39. The summed E-state index contributed by atoms with van der Waals surface area (Å²) in [7, 11) is 1.55. The van der Waals surface area contributed by atoms with Crippen LogP contribution in [-0.2, 0) is 4.74 Å². The summed E-state index contributed by atoms with van der Waals surface area (Å²) < 4.78 is 32.2. The van der Waals surface area contributed by atoms with Gasteiger partial charge in [0.1, 0.15) is 0 Å². The molecule has 1 saturated heterocycles. The maximum absolute atomic E-state index is 13.6. The Labute approximate surface area is 111 Å². The van der Waals surface area contributed by atoms with Crippen LogP contribution in [0.1, 0.15) is 19.8 Å². The van der Waals surface area contributed by atoms with E-state index in [1.54, 1.807) is 7.05 Å². The number of halogens is 2. The van der Waals surface area contributed by atoms with Crippen molar-refractivity contribution >= 4 is 11.6 Å². The molecule has 1 aliphatic heterocycles. The third kappa shape index (κ3) is 3.32. The van der Waals surface area contributed by atoms with Crippen molar-refractivity contribution in [1.29, 1.82) is 0 Å². The second-order valence-electron chi connectivity index (χ2n) is 5.18. The highest BCUT2D eigenvalue weighted by Gasteiger charge is 2.27. The van der Waals surface area contributed by atoms with Gasteiger partial charge in [-0.05, 0) is 18.3 Å². The van der Waals surface area contributed by atoms with E-state index in [4.69, 9.17) is 4.74 Å². The van der Waals surface area contributed by atoms with E-state index < -0.39 is 11.6 Å². The molecular weight excluding hydrogens is 252 g/mol. The fourth-order valence-corrected chi connectivity index (χ4v) is 2.10. The Morgan fingerprint density at radius 2 is 1.89 bits per heavy atom. The summed E-state index contributed by atoms with van der Waals surface area (Å²) in [6.07, 6.45) is 1.84. The summed E-state index contributed by atoms with van der Waals surface area (Å²) >= 11 is 0. The topological polar surface area (TPSA) is 46.2 Å². The van der Waals surface area contributed by atoms with Crippen molar-refractivity contribution < 1.29 is 13.5 Å². The van der Waals surface area contributed by atoms with Gasteiger partial charge in [0.25, 0.3) is 0 Å². The van der Waals surface area contributed by atoms with Crippen LogP contribution in [0.15, 0.2) is 6.07 Å². The summed E-state index contributed by atoms with van der Waals surface area (Å²) in [5, 5.41) is 5.57. The smallest absolute Gasteiger partial charge is 0.168 e. The zero-order chi connectivity index (χ0) is 13.9. The normalized spacial score (nSPS) is 18.1. The van der Waals surface area contributed by atoms with E-state index in [1.807, 2.05) is 0 Å². The molecule has 1 aromatic heterocycles. The van der Waals surface area contributed by atoms with Crippen LogP contribution >= 0.6 is 0 Å². The minimum atomic E-state index is -0.692. The fraction of sp³-hybridized carbons (Fsp3) is 0.615. The third-order valence-corrected chi connectivity index (χ3v) is 3.55. The number of pyridine rings is 1. The van der Waals surface area contributed by atoms with E-state index in [-0.39, 0.29) is 17.1 Å². The van der Waals surface area contributed by atoms with Crippen LogP contribution in [0.4, 0.5) is 20.4 Å². The second kappa shape index (κ2) is 5.69. The Hall–Kier alpha value is -1.43. The van der Waals surface area contributed by atoms with Gasteiger partial charge in [0, 0.05) is 32.9 Å². The van der Waals surface area contributed by atoms with Crippen LogP contribution in [0.25, 0.3) is 0 Å². The molecule has 19 heavy (non-hydrogen) atoms. The molecule has 0 radical (unpaired) electrons. The van der Waals surface area contributed by atoms with Crippen LogP contribution in [0.2, 0.25) is 0 Å². The molecule has 1 aliphatic rings. The van der Waals surface area contributed by atoms with Crippen LogP contribution in [0, 0.1) is 17.0 Å². The molecule has 2 heterocycles. The van der Waals surface area contributed by atoms with Gasteiger partial charge in [-0.25, -0.2) is 13.8 Å². The van der Waals surface area contributed by atoms with Crippen molar-refractivity contribution in [1.82, 2.24) is 4.98 Å². The number of aromatic nitrogens is 1. The lowest BCUT2D eigenvalue weighted by Gasteiger charge is -2.33. The van der Waals surface area contributed by atoms with E-state index >= 15 is 0 Å².